The van der Waals surface area contributed by atoms with E-state index in [-0.39, 0.29) is 0 Å². The molecule has 0 atom stereocenters. The maximum atomic E-state index is 2.49. The zero-order valence-electron chi connectivity index (χ0n) is 15.8. The first-order valence-corrected chi connectivity index (χ1v) is 16.0. The molecule has 0 nitrogen and oxygen atoms in total. The van der Waals surface area contributed by atoms with Gasteiger partial charge in [-0.15, -0.1) is 0 Å². The first-order valence-electron chi connectivity index (χ1n) is 9.33. The second-order valence-corrected chi connectivity index (χ2v) is 20.0. The van der Waals surface area contributed by atoms with Gasteiger partial charge >= 0.3 is 168 Å². The van der Waals surface area contributed by atoms with Gasteiger partial charge in [0.05, 0.1) is 0 Å². The summed E-state index contributed by atoms with van der Waals surface area (Å²) in [6.45, 7) is 4.47. The van der Waals surface area contributed by atoms with E-state index in [0.717, 1.165) is 0 Å². The van der Waals surface area contributed by atoms with Crippen LogP contribution in [0.3, 0.4) is 0 Å². The molecule has 0 spiro atoms. The molecule has 4 rings (SSSR count). The molecule has 1 aromatic heterocycles. The molecule has 0 radical (unpaired) electrons. The van der Waals surface area contributed by atoms with Gasteiger partial charge in [0.25, 0.3) is 0 Å². The Kier molecular flexibility index (Phi) is 5.47. The first-order chi connectivity index (χ1) is 13.2. The van der Waals surface area contributed by atoms with E-state index in [1.807, 2.05) is 0 Å². The molecule has 0 fully saturated rings. The van der Waals surface area contributed by atoms with Gasteiger partial charge in [0.1, 0.15) is 0 Å². The van der Waals surface area contributed by atoms with E-state index in [1.165, 1.54) is 30.1 Å². The molecular weight excluding hydrogens is 450 g/mol. The van der Waals surface area contributed by atoms with Crippen molar-refractivity contribution in [2.45, 2.75) is 13.8 Å². The van der Waals surface area contributed by atoms with Crippen LogP contribution in [-0.2, 0) is 0 Å². The third-order valence-corrected chi connectivity index (χ3v) is 22.5. The topological polar surface area (TPSA) is 0 Å². The quantitative estimate of drug-likeness (QED) is 0.389. The van der Waals surface area contributed by atoms with Crippen molar-refractivity contribution in [3.05, 3.63) is 114 Å². The van der Waals surface area contributed by atoms with Crippen LogP contribution in [-0.4, -0.2) is 18.4 Å². The molecule has 0 aliphatic rings. The Morgan fingerprint density at radius 2 is 0.963 bits per heavy atom. The van der Waals surface area contributed by atoms with E-state index in [4.69, 9.17) is 0 Å². The maximum absolute atomic E-state index is 3.34. The summed E-state index contributed by atoms with van der Waals surface area (Å²) in [6.07, 6.45) is 0. The summed E-state index contributed by atoms with van der Waals surface area (Å²) < 4.78 is 6.16. The van der Waals surface area contributed by atoms with Crippen molar-refractivity contribution in [3.8, 4) is 0 Å². The van der Waals surface area contributed by atoms with Crippen LogP contribution >= 0.6 is 8.19 Å². The number of hydrogen-bond acceptors (Lipinski definition) is 0. The van der Waals surface area contributed by atoms with Gasteiger partial charge in [-0.25, -0.2) is 0 Å². The van der Waals surface area contributed by atoms with Gasteiger partial charge in [0, 0.05) is 0 Å². The molecule has 0 saturated heterocycles. The number of rotatable bonds is 4. The normalized spacial score (nSPS) is 11.6. The standard InChI is InChI=1S/C7H8P.3C6H5.Sn/c1-6-3-4-8-5-7(6)2;3*1-2-4-6-5-3-1;/h3,5H,1-2H3;3*1-5H;. The first kappa shape index (κ1) is 18.5. The molecule has 1 heterocycles. The van der Waals surface area contributed by atoms with Gasteiger partial charge in [-0.1, -0.05) is 0 Å². The van der Waals surface area contributed by atoms with Gasteiger partial charge in [-0.2, -0.15) is 0 Å². The van der Waals surface area contributed by atoms with Crippen LogP contribution in [0.15, 0.2) is 103 Å². The van der Waals surface area contributed by atoms with Gasteiger partial charge in [-0.05, 0) is 0 Å². The molecule has 4 aromatic rings. The summed E-state index contributed by atoms with van der Waals surface area (Å²) in [4.78, 5) is 0. The van der Waals surface area contributed by atoms with E-state index in [9.17, 15) is 0 Å². The molecule has 3 aromatic carbocycles. The van der Waals surface area contributed by atoms with Crippen LogP contribution in [0.1, 0.15) is 11.1 Å². The van der Waals surface area contributed by atoms with E-state index < -0.39 is 18.4 Å². The molecule has 27 heavy (non-hydrogen) atoms. The SMILES string of the molecule is Cc1cp[c]([Sn]([c]2ccccc2)([c]2ccccc2)[c]2ccccc2)cc1C. The molecule has 2 heteroatoms. The second kappa shape index (κ2) is 8.00. The van der Waals surface area contributed by atoms with E-state index in [2.05, 4.69) is 117 Å². The van der Waals surface area contributed by atoms with Crippen LogP contribution in [0.4, 0.5) is 0 Å². The molecule has 0 amide bonds. The molecule has 0 N–H and O–H groups in total. The van der Waals surface area contributed by atoms with Crippen LogP contribution < -0.4 is 14.0 Å². The third kappa shape index (κ3) is 3.37. The Hall–Kier alpha value is -1.89. The van der Waals surface area contributed by atoms with Crippen LogP contribution in [0.25, 0.3) is 0 Å². The fourth-order valence-corrected chi connectivity index (χ4v) is 22.2. The van der Waals surface area contributed by atoms with Crippen molar-refractivity contribution in [1.82, 2.24) is 0 Å². The molecule has 0 saturated carbocycles. The summed E-state index contributed by atoms with van der Waals surface area (Å²) in [7, 11) is 1.35. The fraction of sp³-hybridized carbons (Fsp3) is 0.0800. The molecule has 0 aliphatic carbocycles. The Morgan fingerprint density at radius 3 is 1.33 bits per heavy atom. The third-order valence-electron chi connectivity index (χ3n) is 5.38. The monoisotopic (exact) mass is 474 g/mol. The summed E-state index contributed by atoms with van der Waals surface area (Å²) in [5, 5.41) is 0. The van der Waals surface area contributed by atoms with Gasteiger partial charge in [0.15, 0.2) is 0 Å². The number of benzene rings is 3. The molecule has 0 unspecified atom stereocenters. The van der Waals surface area contributed by atoms with Crippen LogP contribution in [0, 0.1) is 13.8 Å². The van der Waals surface area contributed by atoms with Crippen molar-refractivity contribution in [2.75, 3.05) is 0 Å². The number of aryl methyl sites for hydroxylation is 2. The molecule has 132 valence electrons. The molecule has 0 bridgehead atoms. The number of hydrogen-bond donors (Lipinski definition) is 0. The summed E-state index contributed by atoms with van der Waals surface area (Å²) in [5.41, 5.74) is 2.79. The second-order valence-electron chi connectivity index (χ2n) is 7.00. The van der Waals surface area contributed by atoms with Gasteiger partial charge in [0.2, 0.25) is 0 Å². The minimum atomic E-state index is -3.34. The zero-order chi connectivity index (χ0) is 18.7. The van der Waals surface area contributed by atoms with Crippen molar-refractivity contribution in [2.24, 2.45) is 0 Å². The van der Waals surface area contributed by atoms with Crippen molar-refractivity contribution in [1.29, 1.82) is 0 Å². The summed E-state index contributed by atoms with van der Waals surface area (Å²) in [6, 6.07) is 36.2. The Bertz CT molecular complexity index is 931. The van der Waals surface area contributed by atoms with Crippen molar-refractivity contribution in [3.63, 3.8) is 0 Å². The predicted octanol–water partition coefficient (Wildman–Crippen LogP) is 4.26. The molecule has 0 aliphatic heterocycles. The van der Waals surface area contributed by atoms with E-state index >= 15 is 0 Å². The van der Waals surface area contributed by atoms with E-state index in [1.54, 1.807) is 3.31 Å². The predicted molar refractivity (Wildman–Crippen MR) is 122 cm³/mol. The fourth-order valence-electron chi connectivity index (χ4n) is 3.84. The van der Waals surface area contributed by atoms with Crippen LogP contribution in [0.2, 0.25) is 0 Å². The minimum absolute atomic E-state index is 1.35. The average molecular weight is 473 g/mol. The molecular formula is C25H23PSn. The Labute approximate surface area is 167 Å². The van der Waals surface area contributed by atoms with Crippen molar-refractivity contribution >= 4 is 40.6 Å². The van der Waals surface area contributed by atoms with Crippen LogP contribution in [0.5, 0.6) is 0 Å². The van der Waals surface area contributed by atoms with Gasteiger partial charge < -0.3 is 0 Å². The zero-order valence-corrected chi connectivity index (χ0v) is 19.5. The Morgan fingerprint density at radius 1 is 0.556 bits per heavy atom. The van der Waals surface area contributed by atoms with Crippen molar-refractivity contribution < 1.29 is 0 Å². The van der Waals surface area contributed by atoms with E-state index in [0.29, 0.717) is 0 Å². The summed E-state index contributed by atoms with van der Waals surface area (Å²) in [5.74, 6) is 2.39. The van der Waals surface area contributed by atoms with Gasteiger partial charge in [-0.3, -0.25) is 0 Å². The average Bonchev–Trinajstić information content (AvgIpc) is 2.74. The Balaban J connectivity index is 2.14. The summed E-state index contributed by atoms with van der Waals surface area (Å²) >= 11 is -3.34.